The molecule has 10 heteroatoms. The van der Waals surface area contributed by atoms with Crippen LogP contribution in [0.3, 0.4) is 0 Å². The molecule has 0 amide bonds. The number of aryl methyl sites for hydroxylation is 1. The van der Waals surface area contributed by atoms with E-state index in [9.17, 15) is 4.79 Å². The Morgan fingerprint density at radius 1 is 1.16 bits per heavy atom. The molecule has 156 valence electrons. The van der Waals surface area contributed by atoms with Crippen LogP contribution in [0, 0.1) is 6.92 Å². The molecule has 1 aliphatic heterocycles. The minimum Gasteiger partial charge on any atom is -0.447 e. The Kier molecular flexibility index (Phi) is 5.03. The van der Waals surface area contributed by atoms with E-state index >= 15 is 0 Å². The molecule has 1 aliphatic rings. The maximum atomic E-state index is 13.4. The van der Waals surface area contributed by atoms with Gasteiger partial charge in [-0.2, -0.15) is 4.98 Å². The van der Waals surface area contributed by atoms with E-state index in [1.54, 1.807) is 0 Å². The van der Waals surface area contributed by atoms with E-state index in [0.717, 1.165) is 21.4 Å². The zero-order chi connectivity index (χ0) is 21.5. The van der Waals surface area contributed by atoms with Crippen LogP contribution in [-0.2, 0) is 0 Å². The third kappa shape index (κ3) is 3.51. The lowest BCUT2D eigenvalue weighted by Gasteiger charge is -2.18. The predicted octanol–water partition coefficient (Wildman–Crippen LogP) is 4.31. The number of hydrogen-bond acceptors (Lipinski definition) is 7. The average Bonchev–Trinajstić information content (AvgIpc) is 2.99. The fraction of sp³-hybridized carbons (Fsp3) is 0.143. The lowest BCUT2D eigenvalue weighted by Crippen LogP contribution is -2.26. The number of para-hydroxylation sites is 1. The second-order valence-electron chi connectivity index (χ2n) is 6.91. The number of anilines is 1. The Morgan fingerprint density at radius 3 is 2.74 bits per heavy atom. The van der Waals surface area contributed by atoms with Gasteiger partial charge in [-0.1, -0.05) is 45.9 Å². The standard InChI is InChI=1S/C21H17BrN6O2S/c1-11-16(20(29)28(27-11)13-6-4-3-5-7-13)18-23-15-9-8-12(22)10-14(15)17-19(30-18)24-21(31-2)26-25-17/h3-10,18,23,27H,1-2H3/t18-/m1/s1. The summed E-state index contributed by atoms with van der Waals surface area (Å²) in [6.45, 7) is 1.85. The van der Waals surface area contributed by atoms with Gasteiger partial charge in [-0.3, -0.25) is 9.89 Å². The summed E-state index contributed by atoms with van der Waals surface area (Å²) in [5.41, 5.74) is 3.78. The van der Waals surface area contributed by atoms with Crippen molar-refractivity contribution in [3.8, 4) is 22.8 Å². The Balaban J connectivity index is 1.67. The molecule has 2 aromatic carbocycles. The average molecular weight is 497 g/mol. The van der Waals surface area contributed by atoms with Gasteiger partial charge in [0.2, 0.25) is 17.3 Å². The molecule has 0 radical (unpaired) electrons. The van der Waals surface area contributed by atoms with E-state index in [2.05, 4.69) is 41.5 Å². The number of ether oxygens (including phenoxy) is 1. The Morgan fingerprint density at radius 2 is 1.97 bits per heavy atom. The van der Waals surface area contributed by atoms with Crippen LogP contribution in [0.25, 0.3) is 16.9 Å². The van der Waals surface area contributed by atoms with Crippen LogP contribution in [0.4, 0.5) is 5.69 Å². The van der Waals surface area contributed by atoms with Crippen molar-refractivity contribution >= 4 is 33.4 Å². The second kappa shape index (κ2) is 7.86. The number of aromatic amines is 1. The van der Waals surface area contributed by atoms with Crippen LogP contribution >= 0.6 is 27.7 Å². The van der Waals surface area contributed by atoms with Crippen LogP contribution in [0.5, 0.6) is 5.88 Å². The van der Waals surface area contributed by atoms with Gasteiger partial charge in [-0.05, 0) is 43.5 Å². The van der Waals surface area contributed by atoms with E-state index in [1.807, 2.05) is 61.7 Å². The zero-order valence-corrected chi connectivity index (χ0v) is 19.0. The Hall–Kier alpha value is -3.11. The molecule has 0 saturated carbocycles. The van der Waals surface area contributed by atoms with Crippen LogP contribution in [-0.4, -0.2) is 31.2 Å². The molecule has 0 saturated heterocycles. The van der Waals surface area contributed by atoms with Crippen LogP contribution < -0.4 is 15.6 Å². The molecule has 8 nitrogen and oxygen atoms in total. The third-order valence-corrected chi connectivity index (χ3v) is 6.00. The predicted molar refractivity (Wildman–Crippen MR) is 123 cm³/mol. The molecule has 0 unspecified atom stereocenters. The molecule has 1 atom stereocenters. The van der Waals surface area contributed by atoms with Crippen molar-refractivity contribution < 1.29 is 4.74 Å². The zero-order valence-electron chi connectivity index (χ0n) is 16.6. The lowest BCUT2D eigenvalue weighted by molar-refractivity contribution is 0.223. The largest absolute Gasteiger partial charge is 0.447 e. The van der Waals surface area contributed by atoms with Crippen LogP contribution in [0.2, 0.25) is 0 Å². The molecule has 0 fully saturated rings. The number of nitrogens with zero attached hydrogens (tertiary/aromatic N) is 4. The van der Waals surface area contributed by atoms with Crippen LogP contribution in [0.1, 0.15) is 17.5 Å². The van der Waals surface area contributed by atoms with Crippen LogP contribution in [0.15, 0.2) is 63.0 Å². The van der Waals surface area contributed by atoms with Gasteiger partial charge in [0.25, 0.3) is 5.56 Å². The number of rotatable bonds is 3. The molecule has 4 aromatic rings. The summed E-state index contributed by atoms with van der Waals surface area (Å²) in [5.74, 6) is 0.319. The number of fused-ring (bicyclic) bond motifs is 3. The highest BCUT2D eigenvalue weighted by Crippen LogP contribution is 2.40. The van der Waals surface area contributed by atoms with Gasteiger partial charge in [-0.15, -0.1) is 10.2 Å². The topological polar surface area (TPSA) is 97.7 Å². The second-order valence-corrected chi connectivity index (χ2v) is 8.60. The number of halogens is 1. The normalized spacial score (nSPS) is 14.7. The molecule has 0 aliphatic carbocycles. The van der Waals surface area contributed by atoms with E-state index in [0.29, 0.717) is 28.0 Å². The van der Waals surface area contributed by atoms with Gasteiger partial charge in [0.05, 0.1) is 5.69 Å². The number of benzene rings is 2. The fourth-order valence-electron chi connectivity index (χ4n) is 3.51. The van der Waals surface area contributed by atoms with Crippen molar-refractivity contribution in [2.24, 2.45) is 0 Å². The summed E-state index contributed by atoms with van der Waals surface area (Å²) in [6, 6.07) is 15.2. The molecular weight excluding hydrogens is 480 g/mol. The van der Waals surface area contributed by atoms with Crippen molar-refractivity contribution in [3.63, 3.8) is 0 Å². The van der Waals surface area contributed by atoms with Crippen molar-refractivity contribution in [2.75, 3.05) is 11.6 Å². The monoisotopic (exact) mass is 496 g/mol. The van der Waals surface area contributed by atoms with Crippen molar-refractivity contribution in [1.29, 1.82) is 0 Å². The summed E-state index contributed by atoms with van der Waals surface area (Å²) in [7, 11) is 0. The summed E-state index contributed by atoms with van der Waals surface area (Å²) in [6.07, 6.45) is 1.11. The number of nitrogens with one attached hydrogen (secondary N) is 2. The molecule has 31 heavy (non-hydrogen) atoms. The number of H-pyrrole nitrogens is 1. The number of hydrogen-bond donors (Lipinski definition) is 2. The number of aromatic nitrogens is 5. The summed E-state index contributed by atoms with van der Waals surface area (Å²) >= 11 is 4.88. The highest BCUT2D eigenvalue weighted by molar-refractivity contribution is 9.10. The molecule has 0 spiro atoms. The van der Waals surface area contributed by atoms with Crippen molar-refractivity contribution in [2.45, 2.75) is 18.3 Å². The highest BCUT2D eigenvalue weighted by Gasteiger charge is 2.30. The maximum absolute atomic E-state index is 13.4. The SMILES string of the molecule is CSc1nnc2c(n1)O[C@H](c1c(C)[nH]n(-c3ccccc3)c1=O)Nc1ccc(Br)cc1-2. The highest BCUT2D eigenvalue weighted by atomic mass is 79.9. The van der Waals surface area contributed by atoms with Crippen molar-refractivity contribution in [1.82, 2.24) is 25.0 Å². The van der Waals surface area contributed by atoms with Gasteiger partial charge < -0.3 is 10.1 Å². The van der Waals surface area contributed by atoms with E-state index in [4.69, 9.17) is 4.74 Å². The summed E-state index contributed by atoms with van der Waals surface area (Å²) in [4.78, 5) is 17.9. The molecule has 3 heterocycles. The van der Waals surface area contributed by atoms with Gasteiger partial charge >= 0.3 is 0 Å². The molecule has 5 rings (SSSR count). The molecule has 2 N–H and O–H groups in total. The van der Waals surface area contributed by atoms with Gasteiger partial charge in [0.1, 0.15) is 5.56 Å². The smallest absolute Gasteiger partial charge is 0.280 e. The first-order chi connectivity index (χ1) is 15.0. The Labute approximate surface area is 190 Å². The lowest BCUT2D eigenvalue weighted by atomic mass is 10.1. The van der Waals surface area contributed by atoms with Gasteiger partial charge in [-0.25, -0.2) is 4.68 Å². The first-order valence-electron chi connectivity index (χ1n) is 9.44. The minimum absolute atomic E-state index is 0.199. The molecule has 2 aromatic heterocycles. The summed E-state index contributed by atoms with van der Waals surface area (Å²) < 4.78 is 8.63. The van der Waals surface area contributed by atoms with E-state index in [-0.39, 0.29) is 5.56 Å². The quantitative estimate of drug-likeness (QED) is 0.407. The van der Waals surface area contributed by atoms with Crippen molar-refractivity contribution in [3.05, 3.63) is 74.6 Å². The first-order valence-corrected chi connectivity index (χ1v) is 11.5. The third-order valence-electron chi connectivity index (χ3n) is 4.96. The van der Waals surface area contributed by atoms with E-state index in [1.165, 1.54) is 16.4 Å². The minimum atomic E-state index is -0.763. The Bertz CT molecular complexity index is 1340. The van der Waals surface area contributed by atoms with E-state index < -0.39 is 6.23 Å². The first kappa shape index (κ1) is 19.8. The fourth-order valence-corrected chi connectivity index (χ4v) is 4.17. The maximum Gasteiger partial charge on any atom is 0.280 e. The van der Waals surface area contributed by atoms with Gasteiger partial charge in [0, 0.05) is 21.4 Å². The molecular formula is C21H17BrN6O2S. The number of thioether (sulfide) groups is 1. The molecule has 0 bridgehead atoms. The van der Waals surface area contributed by atoms with Gasteiger partial charge in [0.15, 0.2) is 5.69 Å². The summed E-state index contributed by atoms with van der Waals surface area (Å²) in [5, 5.41) is 15.5.